The van der Waals surface area contributed by atoms with Gasteiger partial charge in [0.25, 0.3) is 0 Å². The average molecular weight is 318 g/mol. The van der Waals surface area contributed by atoms with Crippen molar-refractivity contribution in [2.24, 2.45) is 0 Å². The Bertz CT molecular complexity index is 549. The van der Waals surface area contributed by atoms with E-state index < -0.39 is 5.60 Å². The molecular weight excluding hydrogens is 288 g/mol. The third-order valence-corrected chi connectivity index (χ3v) is 4.49. The van der Waals surface area contributed by atoms with E-state index in [1.807, 2.05) is 20.8 Å². The summed E-state index contributed by atoms with van der Waals surface area (Å²) in [6.45, 7) is 10.8. The molecule has 0 heterocycles. The Morgan fingerprint density at radius 3 is 2.61 bits per heavy atom. The van der Waals surface area contributed by atoms with Crippen molar-refractivity contribution in [1.82, 2.24) is 10.6 Å². The smallest absolute Gasteiger partial charge is 0.407 e. The van der Waals surface area contributed by atoms with Crippen molar-refractivity contribution in [2.75, 3.05) is 0 Å². The maximum absolute atomic E-state index is 12.0. The van der Waals surface area contributed by atoms with E-state index in [4.69, 9.17) is 4.74 Å². The number of rotatable bonds is 4. The molecule has 23 heavy (non-hydrogen) atoms. The fraction of sp³-hybridized carbons (Fsp3) is 0.632. The predicted molar refractivity (Wildman–Crippen MR) is 93.6 cm³/mol. The van der Waals surface area contributed by atoms with E-state index in [1.54, 1.807) is 0 Å². The van der Waals surface area contributed by atoms with Crippen LogP contribution in [0.2, 0.25) is 0 Å². The third-order valence-electron chi connectivity index (χ3n) is 4.49. The monoisotopic (exact) mass is 318 g/mol. The van der Waals surface area contributed by atoms with Crippen LogP contribution >= 0.6 is 0 Å². The highest BCUT2D eigenvalue weighted by Gasteiger charge is 2.29. The summed E-state index contributed by atoms with van der Waals surface area (Å²) in [7, 11) is 0. The fourth-order valence-corrected chi connectivity index (χ4v) is 3.08. The molecule has 0 radical (unpaired) electrons. The molecule has 0 aromatic heterocycles. The topological polar surface area (TPSA) is 50.4 Å². The number of aryl methyl sites for hydroxylation is 1. The van der Waals surface area contributed by atoms with Gasteiger partial charge in [-0.15, -0.1) is 0 Å². The van der Waals surface area contributed by atoms with E-state index in [2.05, 4.69) is 42.7 Å². The van der Waals surface area contributed by atoms with Crippen LogP contribution in [0.5, 0.6) is 0 Å². The van der Waals surface area contributed by atoms with Gasteiger partial charge in [-0.1, -0.05) is 18.2 Å². The highest BCUT2D eigenvalue weighted by molar-refractivity contribution is 5.68. The third kappa shape index (κ3) is 5.24. The number of hydrogen-bond donors (Lipinski definition) is 2. The second-order valence-corrected chi connectivity index (χ2v) is 7.53. The van der Waals surface area contributed by atoms with Crippen LogP contribution in [0.4, 0.5) is 4.79 Å². The molecule has 1 aromatic rings. The van der Waals surface area contributed by atoms with Gasteiger partial charge in [0.2, 0.25) is 0 Å². The first kappa shape index (κ1) is 17.8. The van der Waals surface area contributed by atoms with Gasteiger partial charge in [-0.3, -0.25) is 0 Å². The van der Waals surface area contributed by atoms with Crippen LogP contribution in [-0.4, -0.2) is 23.8 Å². The highest BCUT2D eigenvalue weighted by Crippen LogP contribution is 2.21. The van der Waals surface area contributed by atoms with E-state index in [-0.39, 0.29) is 12.1 Å². The number of amides is 1. The largest absolute Gasteiger partial charge is 0.444 e. The number of benzene rings is 1. The van der Waals surface area contributed by atoms with Crippen molar-refractivity contribution < 1.29 is 9.53 Å². The van der Waals surface area contributed by atoms with E-state index >= 15 is 0 Å². The molecule has 2 rings (SSSR count). The predicted octanol–water partition coefficient (Wildman–Crippen LogP) is 3.84. The van der Waals surface area contributed by atoms with Crippen molar-refractivity contribution >= 4 is 6.09 Å². The minimum atomic E-state index is -0.454. The first-order valence-corrected chi connectivity index (χ1v) is 8.54. The standard InChI is InChI=1S/C19H30N2O2/c1-13-8-6-9-15(14(13)2)12-20-16-10-7-11-17(16)21-18(22)23-19(3,4)5/h6,8-9,16-17,20H,7,10-12H2,1-5H3,(H,21,22). The Morgan fingerprint density at radius 2 is 1.91 bits per heavy atom. The Kier molecular flexibility index (Phi) is 5.69. The maximum Gasteiger partial charge on any atom is 0.407 e. The molecule has 0 bridgehead atoms. The van der Waals surface area contributed by atoms with Gasteiger partial charge in [-0.25, -0.2) is 4.79 Å². The lowest BCUT2D eigenvalue weighted by atomic mass is 10.0. The summed E-state index contributed by atoms with van der Waals surface area (Å²) < 4.78 is 5.37. The first-order valence-electron chi connectivity index (χ1n) is 8.54. The van der Waals surface area contributed by atoms with Crippen molar-refractivity contribution in [3.63, 3.8) is 0 Å². The lowest BCUT2D eigenvalue weighted by Crippen LogP contribution is -2.47. The van der Waals surface area contributed by atoms with Crippen LogP contribution in [0.25, 0.3) is 0 Å². The number of alkyl carbamates (subject to hydrolysis) is 1. The molecule has 2 atom stereocenters. The van der Waals surface area contributed by atoms with Crippen molar-refractivity contribution in [2.45, 2.75) is 78.1 Å². The fourth-order valence-electron chi connectivity index (χ4n) is 3.08. The second-order valence-electron chi connectivity index (χ2n) is 7.53. The molecule has 0 spiro atoms. The highest BCUT2D eigenvalue weighted by atomic mass is 16.6. The van der Waals surface area contributed by atoms with Crippen LogP contribution < -0.4 is 10.6 Å². The summed E-state index contributed by atoms with van der Waals surface area (Å²) in [6.07, 6.45) is 2.91. The van der Waals surface area contributed by atoms with Crippen LogP contribution in [0.3, 0.4) is 0 Å². The lowest BCUT2D eigenvalue weighted by molar-refractivity contribution is 0.0498. The maximum atomic E-state index is 12.0. The number of carbonyl (C=O) groups excluding carboxylic acids is 1. The molecule has 1 saturated carbocycles. The summed E-state index contributed by atoms with van der Waals surface area (Å²) in [5, 5.41) is 6.64. The first-order chi connectivity index (χ1) is 10.8. The summed E-state index contributed by atoms with van der Waals surface area (Å²) in [4.78, 5) is 12.0. The van der Waals surface area contributed by atoms with Gasteiger partial charge < -0.3 is 15.4 Å². The molecule has 0 aliphatic heterocycles. The minimum Gasteiger partial charge on any atom is -0.444 e. The van der Waals surface area contributed by atoms with E-state index in [9.17, 15) is 4.79 Å². The molecule has 1 aliphatic rings. The number of nitrogens with one attached hydrogen (secondary N) is 2. The molecule has 4 nitrogen and oxygen atoms in total. The van der Waals surface area contributed by atoms with Crippen molar-refractivity contribution in [1.29, 1.82) is 0 Å². The van der Waals surface area contributed by atoms with E-state index in [0.717, 1.165) is 25.8 Å². The summed E-state index contributed by atoms with van der Waals surface area (Å²) in [5.41, 5.74) is 3.53. The van der Waals surface area contributed by atoms with Gasteiger partial charge in [0.15, 0.2) is 0 Å². The second kappa shape index (κ2) is 7.35. The number of carbonyl (C=O) groups is 1. The summed E-state index contributed by atoms with van der Waals surface area (Å²) >= 11 is 0. The Balaban J connectivity index is 1.89. The number of hydrogen-bond acceptors (Lipinski definition) is 3. The normalized spacial score (nSPS) is 21.3. The van der Waals surface area contributed by atoms with Gasteiger partial charge in [-0.2, -0.15) is 0 Å². The zero-order valence-electron chi connectivity index (χ0n) is 15.0. The molecule has 1 aromatic carbocycles. The molecule has 2 unspecified atom stereocenters. The minimum absolute atomic E-state index is 0.148. The average Bonchev–Trinajstić information content (AvgIpc) is 2.85. The SMILES string of the molecule is Cc1cccc(CNC2CCCC2NC(=O)OC(C)(C)C)c1C. The van der Waals surface area contributed by atoms with Gasteiger partial charge in [0.1, 0.15) is 5.60 Å². The van der Waals surface area contributed by atoms with Crippen LogP contribution in [0.15, 0.2) is 18.2 Å². The molecule has 1 aliphatic carbocycles. The van der Waals surface area contributed by atoms with Crippen molar-refractivity contribution in [3.8, 4) is 0 Å². The van der Waals surface area contributed by atoms with Crippen LogP contribution in [0.1, 0.15) is 56.7 Å². The summed E-state index contributed by atoms with van der Waals surface area (Å²) in [5.74, 6) is 0. The molecule has 2 N–H and O–H groups in total. The van der Waals surface area contributed by atoms with Gasteiger partial charge >= 0.3 is 6.09 Å². The van der Waals surface area contributed by atoms with Crippen molar-refractivity contribution in [3.05, 3.63) is 34.9 Å². The summed E-state index contributed by atoms with van der Waals surface area (Å²) in [6, 6.07) is 6.86. The van der Waals surface area contributed by atoms with E-state index in [0.29, 0.717) is 6.04 Å². The van der Waals surface area contributed by atoms with Crippen LogP contribution in [-0.2, 0) is 11.3 Å². The zero-order valence-corrected chi connectivity index (χ0v) is 15.0. The van der Waals surface area contributed by atoms with Gasteiger partial charge in [-0.05, 0) is 70.6 Å². The molecule has 1 amide bonds. The Labute approximate surface area is 140 Å². The Hall–Kier alpha value is -1.55. The van der Waals surface area contributed by atoms with Gasteiger partial charge in [0.05, 0.1) is 0 Å². The number of ether oxygens (including phenoxy) is 1. The van der Waals surface area contributed by atoms with E-state index in [1.165, 1.54) is 16.7 Å². The molecule has 128 valence electrons. The molecule has 4 heteroatoms. The lowest BCUT2D eigenvalue weighted by Gasteiger charge is -2.25. The van der Waals surface area contributed by atoms with Gasteiger partial charge in [0, 0.05) is 18.6 Å². The Morgan fingerprint density at radius 1 is 1.22 bits per heavy atom. The quantitative estimate of drug-likeness (QED) is 0.887. The molecule has 1 fully saturated rings. The molecular formula is C19H30N2O2. The molecule has 0 saturated heterocycles. The zero-order chi connectivity index (χ0) is 17.0. The van der Waals surface area contributed by atoms with Crippen LogP contribution in [0, 0.1) is 13.8 Å².